The summed E-state index contributed by atoms with van der Waals surface area (Å²) in [5.74, 6) is 0. The summed E-state index contributed by atoms with van der Waals surface area (Å²) in [5.41, 5.74) is 4.80. The molecule has 1 aromatic rings. The zero-order chi connectivity index (χ0) is 13.5. The van der Waals surface area contributed by atoms with E-state index in [1.165, 1.54) is 16.7 Å². The maximum absolute atomic E-state index is 4.67. The van der Waals surface area contributed by atoms with E-state index in [2.05, 4.69) is 63.6 Å². The highest BCUT2D eigenvalue weighted by Gasteiger charge is 2.30. The number of rotatable bonds is 1. The first kappa shape index (κ1) is 13.2. The Morgan fingerprint density at radius 1 is 1.17 bits per heavy atom. The van der Waals surface area contributed by atoms with Gasteiger partial charge in [-0.1, -0.05) is 36.0 Å². The molecule has 1 aliphatic heterocycles. The quantitative estimate of drug-likeness (QED) is 0.808. The SMILES string of the molecule is C=C1SC(Nc2c(C)cc(C)cc2C)=NC1(C)C. The molecule has 18 heavy (non-hydrogen) atoms. The van der Waals surface area contributed by atoms with Gasteiger partial charge in [-0.3, -0.25) is 4.99 Å². The average Bonchev–Trinajstić information content (AvgIpc) is 2.46. The third-order valence-electron chi connectivity index (χ3n) is 3.19. The van der Waals surface area contributed by atoms with Crippen LogP contribution in [0.25, 0.3) is 0 Å². The number of anilines is 1. The molecule has 2 nitrogen and oxygen atoms in total. The number of aliphatic imine (C=N–C) groups is 1. The summed E-state index contributed by atoms with van der Waals surface area (Å²) in [6, 6.07) is 4.38. The van der Waals surface area contributed by atoms with E-state index in [0.717, 1.165) is 15.8 Å². The van der Waals surface area contributed by atoms with E-state index in [0.29, 0.717) is 0 Å². The second-order valence-electron chi connectivity index (χ2n) is 5.40. The lowest BCUT2D eigenvalue weighted by Crippen LogP contribution is -2.14. The van der Waals surface area contributed by atoms with Crippen LogP contribution in [0.5, 0.6) is 0 Å². The highest BCUT2D eigenvalue weighted by atomic mass is 32.2. The molecule has 0 unspecified atom stereocenters. The number of aryl methyl sites for hydroxylation is 3. The van der Waals surface area contributed by atoms with Gasteiger partial charge in [0, 0.05) is 10.6 Å². The van der Waals surface area contributed by atoms with Gasteiger partial charge in [-0.05, 0) is 45.7 Å². The van der Waals surface area contributed by atoms with Crippen molar-refractivity contribution in [2.24, 2.45) is 4.99 Å². The zero-order valence-electron chi connectivity index (χ0n) is 11.7. The summed E-state index contributed by atoms with van der Waals surface area (Å²) in [4.78, 5) is 5.76. The number of benzene rings is 1. The van der Waals surface area contributed by atoms with Gasteiger partial charge in [-0.2, -0.15) is 0 Å². The summed E-state index contributed by atoms with van der Waals surface area (Å²) >= 11 is 1.63. The third kappa shape index (κ3) is 2.46. The lowest BCUT2D eigenvalue weighted by Gasteiger charge is -2.13. The molecule has 1 aliphatic rings. The summed E-state index contributed by atoms with van der Waals surface area (Å²) in [5, 5.41) is 4.39. The van der Waals surface area contributed by atoms with Gasteiger partial charge < -0.3 is 5.32 Å². The predicted octanol–water partition coefficient (Wildman–Crippen LogP) is 4.42. The fourth-order valence-corrected chi connectivity index (χ4v) is 3.07. The minimum atomic E-state index is -0.167. The highest BCUT2D eigenvalue weighted by molar-refractivity contribution is 8.17. The molecule has 0 amide bonds. The molecule has 0 fully saturated rings. The first-order valence-corrected chi connectivity index (χ1v) is 6.93. The maximum atomic E-state index is 4.67. The lowest BCUT2D eigenvalue weighted by atomic mass is 10.1. The number of hydrogen-bond acceptors (Lipinski definition) is 3. The van der Waals surface area contributed by atoms with Crippen molar-refractivity contribution in [1.29, 1.82) is 0 Å². The van der Waals surface area contributed by atoms with E-state index >= 15 is 0 Å². The van der Waals surface area contributed by atoms with Gasteiger partial charge in [0.25, 0.3) is 0 Å². The number of nitrogens with zero attached hydrogens (tertiary/aromatic N) is 1. The van der Waals surface area contributed by atoms with Crippen LogP contribution in [-0.2, 0) is 0 Å². The van der Waals surface area contributed by atoms with Crippen molar-refractivity contribution in [2.75, 3.05) is 5.32 Å². The van der Waals surface area contributed by atoms with Crippen molar-refractivity contribution in [2.45, 2.75) is 40.2 Å². The van der Waals surface area contributed by atoms with E-state index in [1.54, 1.807) is 11.8 Å². The van der Waals surface area contributed by atoms with Crippen molar-refractivity contribution in [3.05, 3.63) is 40.3 Å². The zero-order valence-corrected chi connectivity index (χ0v) is 12.5. The number of hydrogen-bond donors (Lipinski definition) is 1. The summed E-state index contributed by atoms with van der Waals surface area (Å²) < 4.78 is 0. The van der Waals surface area contributed by atoms with Gasteiger partial charge in [-0.25, -0.2) is 0 Å². The Morgan fingerprint density at radius 2 is 1.72 bits per heavy atom. The van der Waals surface area contributed by atoms with Gasteiger partial charge in [0.2, 0.25) is 0 Å². The van der Waals surface area contributed by atoms with Crippen LogP contribution in [0.15, 0.2) is 28.6 Å². The Labute approximate surface area is 114 Å². The van der Waals surface area contributed by atoms with Crippen LogP contribution in [-0.4, -0.2) is 10.7 Å². The average molecular weight is 260 g/mol. The molecule has 0 radical (unpaired) electrons. The van der Waals surface area contributed by atoms with Crippen molar-refractivity contribution >= 4 is 22.6 Å². The molecule has 0 aliphatic carbocycles. The smallest absolute Gasteiger partial charge is 0.166 e. The van der Waals surface area contributed by atoms with Crippen LogP contribution in [0.3, 0.4) is 0 Å². The first-order valence-electron chi connectivity index (χ1n) is 6.11. The number of nitrogens with one attached hydrogen (secondary N) is 1. The van der Waals surface area contributed by atoms with Crippen molar-refractivity contribution in [3.63, 3.8) is 0 Å². The summed E-state index contributed by atoms with van der Waals surface area (Å²) in [7, 11) is 0. The van der Waals surface area contributed by atoms with Crippen LogP contribution in [0.4, 0.5) is 5.69 Å². The topological polar surface area (TPSA) is 24.4 Å². The van der Waals surface area contributed by atoms with Gasteiger partial charge >= 0.3 is 0 Å². The number of thioether (sulfide) groups is 1. The van der Waals surface area contributed by atoms with Gasteiger partial charge in [-0.15, -0.1) is 0 Å². The molecule has 1 aromatic carbocycles. The standard InChI is InChI=1S/C15H20N2S/c1-9-7-10(2)13(11(3)8-9)16-14-17-15(5,6)12(4)18-14/h7-8H,4H2,1-3,5-6H3,(H,16,17). The van der Waals surface area contributed by atoms with E-state index in [9.17, 15) is 0 Å². The molecular weight excluding hydrogens is 240 g/mol. The lowest BCUT2D eigenvalue weighted by molar-refractivity contribution is 0.657. The normalized spacial score (nSPS) is 17.8. The highest BCUT2D eigenvalue weighted by Crippen LogP contribution is 2.38. The Morgan fingerprint density at radius 3 is 2.17 bits per heavy atom. The molecular formula is C15H20N2S. The Kier molecular flexibility index (Phi) is 3.28. The minimum Gasteiger partial charge on any atom is -0.334 e. The van der Waals surface area contributed by atoms with Crippen molar-refractivity contribution in [1.82, 2.24) is 0 Å². The van der Waals surface area contributed by atoms with Gasteiger partial charge in [0.1, 0.15) is 0 Å². The van der Waals surface area contributed by atoms with E-state index in [4.69, 9.17) is 0 Å². The van der Waals surface area contributed by atoms with Crippen molar-refractivity contribution in [3.8, 4) is 0 Å². The first-order chi connectivity index (χ1) is 8.29. The fourth-order valence-electron chi connectivity index (χ4n) is 2.12. The van der Waals surface area contributed by atoms with E-state index in [1.807, 2.05) is 0 Å². The fraction of sp³-hybridized carbons (Fsp3) is 0.400. The van der Waals surface area contributed by atoms with Crippen molar-refractivity contribution < 1.29 is 0 Å². The molecule has 0 saturated heterocycles. The molecule has 0 atom stereocenters. The molecule has 96 valence electrons. The Hall–Kier alpha value is -1.22. The van der Waals surface area contributed by atoms with Crippen LogP contribution < -0.4 is 5.32 Å². The molecule has 1 heterocycles. The predicted molar refractivity (Wildman–Crippen MR) is 82.5 cm³/mol. The van der Waals surface area contributed by atoms with Gasteiger partial charge in [0.05, 0.1) is 5.54 Å². The second-order valence-corrected chi connectivity index (χ2v) is 6.48. The molecule has 1 N–H and O–H groups in total. The van der Waals surface area contributed by atoms with Gasteiger partial charge in [0.15, 0.2) is 5.17 Å². The molecule has 2 rings (SSSR count). The monoisotopic (exact) mass is 260 g/mol. The van der Waals surface area contributed by atoms with E-state index < -0.39 is 0 Å². The van der Waals surface area contributed by atoms with Crippen LogP contribution in [0.1, 0.15) is 30.5 Å². The third-order valence-corrected chi connectivity index (χ3v) is 4.32. The molecule has 0 spiro atoms. The molecule has 0 saturated carbocycles. The van der Waals surface area contributed by atoms with Crippen LogP contribution in [0, 0.1) is 20.8 Å². The number of amidine groups is 1. The van der Waals surface area contributed by atoms with Crippen LogP contribution >= 0.6 is 11.8 Å². The summed E-state index contributed by atoms with van der Waals surface area (Å²) in [6.45, 7) is 14.6. The second kappa shape index (κ2) is 4.47. The Balaban J connectivity index is 2.29. The largest absolute Gasteiger partial charge is 0.334 e. The Bertz CT molecular complexity index is 518. The molecule has 0 bridgehead atoms. The maximum Gasteiger partial charge on any atom is 0.166 e. The van der Waals surface area contributed by atoms with Crippen LogP contribution in [0.2, 0.25) is 0 Å². The molecule has 3 heteroatoms. The minimum absolute atomic E-state index is 0.167. The molecule has 0 aromatic heterocycles. The summed E-state index contributed by atoms with van der Waals surface area (Å²) in [6.07, 6.45) is 0. The van der Waals surface area contributed by atoms with E-state index in [-0.39, 0.29) is 5.54 Å².